The van der Waals surface area contributed by atoms with Crippen molar-refractivity contribution in [2.45, 2.75) is 12.8 Å². The van der Waals surface area contributed by atoms with Crippen LogP contribution in [-0.4, -0.2) is 46.7 Å². The second kappa shape index (κ2) is 8.93. The lowest BCUT2D eigenvalue weighted by Crippen LogP contribution is -2.29. The Morgan fingerprint density at radius 3 is 2.47 bits per heavy atom. The largest absolute Gasteiger partial charge is 0.493 e. The van der Waals surface area contributed by atoms with E-state index in [9.17, 15) is 18.0 Å². The molecule has 0 spiro atoms. The van der Waals surface area contributed by atoms with Crippen LogP contribution in [0.5, 0.6) is 11.5 Å². The van der Waals surface area contributed by atoms with Crippen LogP contribution in [0.2, 0.25) is 5.02 Å². The van der Waals surface area contributed by atoms with Gasteiger partial charge in [-0.15, -0.1) is 0 Å². The SMILES string of the molecule is COc1ccc(CCNC(=O)c2ccc(N3C(=O)CCS3(=O)=O)cc2Cl)cc1OC. The van der Waals surface area contributed by atoms with Gasteiger partial charge in [0, 0.05) is 13.0 Å². The van der Waals surface area contributed by atoms with Gasteiger partial charge in [-0.1, -0.05) is 17.7 Å². The Morgan fingerprint density at radius 1 is 1.13 bits per heavy atom. The van der Waals surface area contributed by atoms with Gasteiger partial charge in [-0.2, -0.15) is 0 Å². The maximum atomic E-state index is 12.5. The minimum atomic E-state index is -3.69. The Kier molecular flexibility index (Phi) is 6.52. The van der Waals surface area contributed by atoms with Crippen molar-refractivity contribution in [3.8, 4) is 11.5 Å². The molecule has 1 aliphatic heterocycles. The summed E-state index contributed by atoms with van der Waals surface area (Å²) in [6.45, 7) is 0.353. The lowest BCUT2D eigenvalue weighted by Gasteiger charge is -2.16. The molecular formula is C20H21ClN2O6S. The zero-order valence-corrected chi connectivity index (χ0v) is 18.0. The van der Waals surface area contributed by atoms with Crippen molar-refractivity contribution in [2.75, 3.05) is 30.8 Å². The third kappa shape index (κ3) is 4.52. The minimum absolute atomic E-state index is 0.0611. The molecule has 1 saturated heterocycles. The number of nitrogens with zero attached hydrogens (tertiary/aromatic N) is 1. The second-order valence-corrected chi connectivity index (χ2v) is 8.93. The van der Waals surface area contributed by atoms with Gasteiger partial charge in [-0.05, 0) is 42.3 Å². The van der Waals surface area contributed by atoms with E-state index >= 15 is 0 Å². The van der Waals surface area contributed by atoms with Crippen molar-refractivity contribution in [2.24, 2.45) is 0 Å². The van der Waals surface area contributed by atoms with Crippen molar-refractivity contribution in [3.05, 3.63) is 52.5 Å². The Bertz CT molecular complexity index is 1090. The average Bonchev–Trinajstić information content (AvgIpc) is 2.99. The first-order valence-corrected chi connectivity index (χ1v) is 11.1. The number of methoxy groups -OCH3 is 2. The van der Waals surface area contributed by atoms with Crippen LogP contribution in [-0.2, 0) is 21.2 Å². The van der Waals surface area contributed by atoms with Gasteiger partial charge in [-0.3, -0.25) is 9.59 Å². The molecule has 0 bridgehead atoms. The summed E-state index contributed by atoms with van der Waals surface area (Å²) in [4.78, 5) is 24.4. The lowest BCUT2D eigenvalue weighted by atomic mass is 10.1. The third-order valence-corrected chi connectivity index (χ3v) is 6.66. The van der Waals surface area contributed by atoms with Gasteiger partial charge in [0.25, 0.3) is 5.91 Å². The van der Waals surface area contributed by atoms with Crippen molar-refractivity contribution < 1.29 is 27.5 Å². The number of amides is 2. The normalized spacial score (nSPS) is 15.2. The fourth-order valence-electron chi connectivity index (χ4n) is 3.14. The highest BCUT2D eigenvalue weighted by molar-refractivity contribution is 7.94. The van der Waals surface area contributed by atoms with Gasteiger partial charge in [-0.25, -0.2) is 12.7 Å². The lowest BCUT2D eigenvalue weighted by molar-refractivity contribution is -0.116. The zero-order chi connectivity index (χ0) is 21.9. The molecule has 1 N–H and O–H groups in total. The quantitative estimate of drug-likeness (QED) is 0.692. The molecule has 2 aromatic carbocycles. The monoisotopic (exact) mass is 452 g/mol. The molecule has 8 nitrogen and oxygen atoms in total. The van der Waals surface area contributed by atoms with Gasteiger partial charge < -0.3 is 14.8 Å². The third-order valence-electron chi connectivity index (χ3n) is 4.66. The van der Waals surface area contributed by atoms with Gasteiger partial charge in [0.15, 0.2) is 11.5 Å². The predicted molar refractivity (Wildman–Crippen MR) is 113 cm³/mol. The first-order chi connectivity index (χ1) is 14.3. The van der Waals surface area contributed by atoms with Crippen LogP contribution in [0.25, 0.3) is 0 Å². The molecule has 2 amide bonds. The highest BCUT2D eigenvalue weighted by Crippen LogP contribution is 2.30. The molecule has 1 heterocycles. The van der Waals surface area contributed by atoms with Gasteiger partial charge >= 0.3 is 0 Å². The molecule has 0 saturated carbocycles. The Hall–Kier alpha value is -2.78. The molecule has 0 aromatic heterocycles. The highest BCUT2D eigenvalue weighted by Gasteiger charge is 2.36. The maximum absolute atomic E-state index is 12.5. The van der Waals surface area contributed by atoms with Crippen molar-refractivity contribution in [3.63, 3.8) is 0 Å². The van der Waals surface area contributed by atoms with Crippen LogP contribution in [0.15, 0.2) is 36.4 Å². The molecule has 30 heavy (non-hydrogen) atoms. The second-order valence-electron chi connectivity index (χ2n) is 6.58. The Labute approximate surface area is 179 Å². The first kappa shape index (κ1) is 21.9. The van der Waals surface area contributed by atoms with Crippen molar-refractivity contribution in [1.82, 2.24) is 5.32 Å². The number of hydrogen-bond acceptors (Lipinski definition) is 6. The Morgan fingerprint density at radius 2 is 1.87 bits per heavy atom. The van der Waals surface area contributed by atoms with Crippen LogP contribution in [0.4, 0.5) is 5.69 Å². The van der Waals surface area contributed by atoms with Crippen molar-refractivity contribution in [1.29, 1.82) is 0 Å². The van der Waals surface area contributed by atoms with Crippen LogP contribution in [0, 0.1) is 0 Å². The van der Waals surface area contributed by atoms with Crippen LogP contribution >= 0.6 is 11.6 Å². The van der Waals surface area contributed by atoms with Crippen LogP contribution in [0.3, 0.4) is 0 Å². The number of sulfonamides is 1. The summed E-state index contributed by atoms with van der Waals surface area (Å²) in [5.41, 5.74) is 1.27. The number of rotatable bonds is 7. The van der Waals surface area contributed by atoms with Gasteiger partial charge in [0.05, 0.1) is 36.2 Å². The zero-order valence-electron chi connectivity index (χ0n) is 16.5. The standard InChI is InChI=1S/C20H21ClN2O6S/c1-28-17-6-3-13(11-18(17)29-2)7-9-22-20(25)15-5-4-14(12-16(15)21)23-19(24)8-10-30(23,26)27/h3-6,11-12H,7-10H2,1-2H3,(H,22,25). The van der Waals surface area contributed by atoms with E-state index < -0.39 is 21.8 Å². The molecule has 1 fully saturated rings. The number of carbonyl (C=O) groups is 2. The molecule has 0 unspecified atom stereocenters. The van der Waals surface area contributed by atoms with E-state index in [0.717, 1.165) is 9.87 Å². The molecule has 0 aliphatic carbocycles. The topological polar surface area (TPSA) is 102 Å². The number of nitrogens with one attached hydrogen (secondary N) is 1. The molecule has 0 radical (unpaired) electrons. The van der Waals surface area contributed by atoms with Gasteiger partial charge in [0.1, 0.15) is 0 Å². The highest BCUT2D eigenvalue weighted by atomic mass is 35.5. The maximum Gasteiger partial charge on any atom is 0.252 e. The average molecular weight is 453 g/mol. The molecule has 160 valence electrons. The van der Waals surface area contributed by atoms with E-state index in [2.05, 4.69) is 5.32 Å². The van der Waals surface area contributed by atoms with E-state index in [4.69, 9.17) is 21.1 Å². The summed E-state index contributed by atoms with van der Waals surface area (Å²) >= 11 is 6.19. The van der Waals surface area contributed by atoms with E-state index in [1.54, 1.807) is 20.3 Å². The summed E-state index contributed by atoms with van der Waals surface area (Å²) in [5.74, 6) is 0.0739. The summed E-state index contributed by atoms with van der Waals surface area (Å²) in [7, 11) is -0.580. The number of halogens is 1. The molecule has 1 aliphatic rings. The summed E-state index contributed by atoms with van der Waals surface area (Å²) < 4.78 is 35.3. The molecule has 3 rings (SSSR count). The summed E-state index contributed by atoms with van der Waals surface area (Å²) in [5, 5.41) is 2.84. The summed E-state index contributed by atoms with van der Waals surface area (Å²) in [6, 6.07) is 9.62. The number of carbonyl (C=O) groups excluding carboxylic acids is 2. The number of benzene rings is 2. The smallest absolute Gasteiger partial charge is 0.252 e. The number of anilines is 1. The Balaban J connectivity index is 1.66. The van der Waals surface area contributed by atoms with E-state index in [0.29, 0.717) is 24.5 Å². The van der Waals surface area contributed by atoms with Crippen LogP contribution in [0.1, 0.15) is 22.3 Å². The number of ether oxygens (including phenoxy) is 2. The van der Waals surface area contributed by atoms with E-state index in [1.807, 2.05) is 12.1 Å². The molecule has 0 atom stereocenters. The van der Waals surface area contributed by atoms with Crippen molar-refractivity contribution >= 4 is 39.1 Å². The molecular weight excluding hydrogens is 432 g/mol. The molecule has 10 heteroatoms. The summed E-state index contributed by atoms with van der Waals surface area (Å²) in [6.07, 6.45) is 0.487. The van der Waals surface area contributed by atoms with Gasteiger partial charge in [0.2, 0.25) is 15.9 Å². The first-order valence-electron chi connectivity index (χ1n) is 9.11. The van der Waals surface area contributed by atoms with E-state index in [-0.39, 0.29) is 28.4 Å². The number of hydrogen-bond donors (Lipinski definition) is 1. The predicted octanol–water partition coefficient (Wildman–Crippen LogP) is 2.40. The fourth-order valence-corrected chi connectivity index (χ4v) is 4.85. The molecule has 2 aromatic rings. The fraction of sp³-hybridized carbons (Fsp3) is 0.300. The van der Waals surface area contributed by atoms with Crippen LogP contribution < -0.4 is 19.1 Å². The minimum Gasteiger partial charge on any atom is -0.493 e. The van der Waals surface area contributed by atoms with E-state index in [1.165, 1.54) is 18.2 Å².